The number of carbonyl (C=O) groups excluding carboxylic acids is 1. The minimum Gasteiger partial charge on any atom is -0.496 e. The molecule has 0 bridgehead atoms. The van der Waals surface area contributed by atoms with Crippen LogP contribution in [-0.2, 0) is 4.79 Å². The third-order valence-electron chi connectivity index (χ3n) is 3.75. The van der Waals surface area contributed by atoms with Crippen molar-refractivity contribution in [3.05, 3.63) is 63.1 Å². The van der Waals surface area contributed by atoms with Gasteiger partial charge < -0.3 is 15.2 Å². The van der Waals surface area contributed by atoms with E-state index < -0.39 is 11.9 Å². The number of aryl methyl sites for hydroxylation is 1. The molecule has 26 heavy (non-hydrogen) atoms. The fourth-order valence-electron chi connectivity index (χ4n) is 2.38. The minimum absolute atomic E-state index is 0.0543. The van der Waals surface area contributed by atoms with Crippen LogP contribution in [0.1, 0.15) is 28.4 Å². The summed E-state index contributed by atoms with van der Waals surface area (Å²) < 4.78 is 5.13. The van der Waals surface area contributed by atoms with E-state index in [2.05, 4.69) is 5.32 Å². The summed E-state index contributed by atoms with van der Waals surface area (Å²) in [6, 6.07) is 7.98. The molecule has 1 amide bonds. The van der Waals surface area contributed by atoms with E-state index in [4.69, 9.17) is 27.9 Å². The zero-order chi connectivity index (χ0) is 19.4. The number of rotatable bonds is 5. The summed E-state index contributed by atoms with van der Waals surface area (Å²) >= 11 is 11.9. The maximum Gasteiger partial charge on any atom is 0.337 e. The van der Waals surface area contributed by atoms with Crippen LogP contribution in [0.15, 0.2) is 36.4 Å². The molecule has 2 rings (SSSR count). The Balaban J connectivity index is 2.30. The van der Waals surface area contributed by atoms with Gasteiger partial charge in [-0.25, -0.2) is 4.79 Å². The monoisotopic (exact) mass is 393 g/mol. The number of carboxylic acids is 1. The normalized spacial score (nSPS) is 11.2. The van der Waals surface area contributed by atoms with Crippen LogP contribution in [0.5, 0.6) is 5.75 Å². The van der Waals surface area contributed by atoms with Gasteiger partial charge in [0.15, 0.2) is 0 Å². The molecule has 0 heterocycles. The quantitative estimate of drug-likeness (QED) is 0.696. The zero-order valence-corrected chi connectivity index (χ0v) is 15.9. The Morgan fingerprint density at radius 1 is 1.15 bits per heavy atom. The van der Waals surface area contributed by atoms with Crippen molar-refractivity contribution in [2.75, 3.05) is 12.4 Å². The van der Waals surface area contributed by atoms with Crippen molar-refractivity contribution in [3.63, 3.8) is 0 Å². The van der Waals surface area contributed by atoms with Gasteiger partial charge in [-0.05, 0) is 54.8 Å². The molecule has 0 aromatic heterocycles. The molecule has 0 spiro atoms. The number of hydrogen-bond acceptors (Lipinski definition) is 3. The first kappa shape index (κ1) is 19.8. The van der Waals surface area contributed by atoms with Crippen LogP contribution in [0.3, 0.4) is 0 Å². The lowest BCUT2D eigenvalue weighted by atomic mass is 10.1. The van der Waals surface area contributed by atoms with E-state index >= 15 is 0 Å². The molecule has 0 aliphatic carbocycles. The van der Waals surface area contributed by atoms with Gasteiger partial charge in [0.25, 0.3) is 0 Å². The molecule has 2 aromatic carbocycles. The number of aromatic carboxylic acids is 1. The first-order valence-corrected chi connectivity index (χ1v) is 8.35. The number of allylic oxidation sites excluding steroid dienone is 1. The highest BCUT2D eigenvalue weighted by molar-refractivity contribution is 6.42. The van der Waals surface area contributed by atoms with Crippen molar-refractivity contribution in [3.8, 4) is 5.75 Å². The topological polar surface area (TPSA) is 75.6 Å². The average Bonchev–Trinajstić information content (AvgIpc) is 2.57. The van der Waals surface area contributed by atoms with Crippen molar-refractivity contribution in [2.45, 2.75) is 13.8 Å². The molecule has 7 heteroatoms. The van der Waals surface area contributed by atoms with E-state index in [9.17, 15) is 14.7 Å². The lowest BCUT2D eigenvalue weighted by molar-refractivity contribution is -0.111. The number of amides is 1. The van der Waals surface area contributed by atoms with Gasteiger partial charge in [-0.15, -0.1) is 0 Å². The summed E-state index contributed by atoms with van der Waals surface area (Å²) in [5, 5.41) is 12.8. The van der Waals surface area contributed by atoms with Crippen molar-refractivity contribution >= 4 is 46.3 Å². The smallest absolute Gasteiger partial charge is 0.337 e. The fraction of sp³-hybridized carbons (Fsp3) is 0.158. The van der Waals surface area contributed by atoms with Crippen LogP contribution in [0, 0.1) is 6.92 Å². The molecule has 136 valence electrons. The lowest BCUT2D eigenvalue weighted by Gasteiger charge is -2.12. The summed E-state index contributed by atoms with van der Waals surface area (Å²) in [6.07, 6.45) is 1.37. The largest absolute Gasteiger partial charge is 0.496 e. The number of nitrogens with one attached hydrogen (secondary N) is 1. The molecule has 0 saturated carbocycles. The molecular formula is C19H17Cl2NO4. The van der Waals surface area contributed by atoms with E-state index in [1.54, 1.807) is 38.1 Å². The number of benzene rings is 2. The van der Waals surface area contributed by atoms with Crippen molar-refractivity contribution in [1.29, 1.82) is 0 Å². The molecule has 0 unspecified atom stereocenters. The molecule has 0 aliphatic rings. The minimum atomic E-state index is -1.16. The van der Waals surface area contributed by atoms with Gasteiger partial charge in [-0.1, -0.05) is 29.3 Å². The maximum absolute atomic E-state index is 12.3. The molecule has 0 saturated heterocycles. The van der Waals surface area contributed by atoms with Crippen LogP contribution in [0.25, 0.3) is 5.57 Å². The number of anilines is 1. The molecule has 0 radical (unpaired) electrons. The van der Waals surface area contributed by atoms with Gasteiger partial charge in [0, 0.05) is 6.08 Å². The molecule has 0 fully saturated rings. The summed E-state index contributed by atoms with van der Waals surface area (Å²) in [5.41, 5.74) is 2.24. The number of ether oxygens (including phenoxy) is 1. The van der Waals surface area contributed by atoms with E-state index in [1.807, 2.05) is 0 Å². The number of halogens is 2. The molecule has 5 nitrogen and oxygen atoms in total. The average molecular weight is 394 g/mol. The molecule has 2 N–H and O–H groups in total. The highest BCUT2D eigenvalue weighted by atomic mass is 35.5. The molecule has 2 aromatic rings. The van der Waals surface area contributed by atoms with Crippen LogP contribution in [-0.4, -0.2) is 24.1 Å². The standard InChI is InChI=1S/C19H17Cl2NO4/c1-10(12-4-5-14(20)15(21)8-12)7-18(23)22-16-6-11(2)17(26-3)9-13(16)19(24)25/h4-9H,1-3H3,(H,22,23)(H,24,25). The van der Waals surface area contributed by atoms with Crippen molar-refractivity contribution < 1.29 is 19.4 Å². The van der Waals surface area contributed by atoms with Gasteiger partial charge in [-0.2, -0.15) is 0 Å². The van der Waals surface area contributed by atoms with Crippen LogP contribution < -0.4 is 10.1 Å². The van der Waals surface area contributed by atoms with Crippen LogP contribution in [0.4, 0.5) is 5.69 Å². The van der Waals surface area contributed by atoms with Gasteiger partial charge in [0.1, 0.15) is 5.75 Å². The number of methoxy groups -OCH3 is 1. The summed E-state index contributed by atoms with van der Waals surface area (Å²) in [4.78, 5) is 23.8. The van der Waals surface area contributed by atoms with Crippen LogP contribution in [0.2, 0.25) is 10.0 Å². The highest BCUT2D eigenvalue weighted by Crippen LogP contribution is 2.28. The third kappa shape index (κ3) is 4.56. The van der Waals surface area contributed by atoms with Crippen molar-refractivity contribution in [1.82, 2.24) is 0 Å². The lowest BCUT2D eigenvalue weighted by Crippen LogP contribution is -2.13. The summed E-state index contributed by atoms with van der Waals surface area (Å²) in [5.74, 6) is -1.19. The van der Waals surface area contributed by atoms with E-state index in [0.717, 1.165) is 5.56 Å². The predicted molar refractivity (Wildman–Crippen MR) is 103 cm³/mol. The Labute approximate surface area is 161 Å². The number of carboxylic acid groups (broad SMARTS) is 1. The Morgan fingerprint density at radius 3 is 2.42 bits per heavy atom. The van der Waals surface area contributed by atoms with Gasteiger partial charge in [0.2, 0.25) is 5.91 Å². The van der Waals surface area contributed by atoms with E-state index in [1.165, 1.54) is 19.3 Å². The second kappa shape index (κ2) is 8.25. The summed E-state index contributed by atoms with van der Waals surface area (Å²) in [6.45, 7) is 3.51. The summed E-state index contributed by atoms with van der Waals surface area (Å²) in [7, 11) is 1.45. The van der Waals surface area contributed by atoms with E-state index in [0.29, 0.717) is 26.9 Å². The van der Waals surface area contributed by atoms with Crippen LogP contribution >= 0.6 is 23.2 Å². The number of hydrogen-bond donors (Lipinski definition) is 2. The van der Waals surface area contributed by atoms with Gasteiger partial charge in [0.05, 0.1) is 28.4 Å². The Bertz CT molecular complexity index is 907. The highest BCUT2D eigenvalue weighted by Gasteiger charge is 2.15. The van der Waals surface area contributed by atoms with Gasteiger partial charge in [-0.3, -0.25) is 4.79 Å². The van der Waals surface area contributed by atoms with Gasteiger partial charge >= 0.3 is 5.97 Å². The Morgan fingerprint density at radius 2 is 1.85 bits per heavy atom. The molecule has 0 aliphatic heterocycles. The molecular weight excluding hydrogens is 377 g/mol. The maximum atomic E-state index is 12.3. The Kier molecular flexibility index (Phi) is 6.29. The fourth-order valence-corrected chi connectivity index (χ4v) is 2.68. The van der Waals surface area contributed by atoms with E-state index in [-0.39, 0.29) is 11.3 Å². The first-order chi connectivity index (χ1) is 12.2. The Hall–Kier alpha value is -2.50. The second-order valence-electron chi connectivity index (χ2n) is 5.62. The first-order valence-electron chi connectivity index (χ1n) is 7.59. The number of carbonyl (C=O) groups is 2. The van der Waals surface area contributed by atoms with Crippen molar-refractivity contribution in [2.24, 2.45) is 0 Å². The zero-order valence-electron chi connectivity index (χ0n) is 14.4. The second-order valence-corrected chi connectivity index (χ2v) is 6.43. The predicted octanol–water partition coefficient (Wildman–Crippen LogP) is 5.05. The molecule has 0 atom stereocenters. The SMILES string of the molecule is COc1cc(C(=O)O)c(NC(=O)C=C(C)c2ccc(Cl)c(Cl)c2)cc1C. The third-order valence-corrected chi connectivity index (χ3v) is 4.48.